The first kappa shape index (κ1) is 13.5. The van der Waals surface area contributed by atoms with E-state index >= 15 is 0 Å². The number of aromatic nitrogens is 2. The van der Waals surface area contributed by atoms with Crippen LogP contribution in [-0.2, 0) is 4.74 Å². The fourth-order valence-corrected chi connectivity index (χ4v) is 2.74. The Morgan fingerprint density at radius 1 is 1.55 bits per heavy atom. The van der Waals surface area contributed by atoms with Crippen LogP contribution >= 0.6 is 15.9 Å². The number of pyridine rings is 1. The number of fused-ring (bicyclic) bond motifs is 1. The summed E-state index contributed by atoms with van der Waals surface area (Å²) in [5.74, 6) is -0.159. The largest absolute Gasteiger partial charge is 0.388 e. The standard InChI is InChI=1S/C13H14BrN3O3/c1-16(11-6-20-7-12(11)18)13(19)8-2-3-10-9(14)4-15-17(10)5-8/h2-5,11-12,18H,6-7H2,1H3/t11-,12-/m1/s1. The molecule has 0 aromatic carbocycles. The fraction of sp³-hybridized carbons (Fsp3) is 0.385. The molecule has 2 aromatic heterocycles. The number of rotatable bonds is 2. The Kier molecular flexibility index (Phi) is 3.49. The van der Waals surface area contributed by atoms with E-state index in [-0.39, 0.29) is 18.6 Å². The first-order chi connectivity index (χ1) is 9.58. The van der Waals surface area contributed by atoms with Crippen molar-refractivity contribution in [2.45, 2.75) is 12.1 Å². The minimum atomic E-state index is -0.633. The van der Waals surface area contributed by atoms with E-state index in [1.807, 2.05) is 6.07 Å². The van der Waals surface area contributed by atoms with Gasteiger partial charge in [-0.05, 0) is 28.1 Å². The molecule has 2 aromatic rings. The lowest BCUT2D eigenvalue weighted by Crippen LogP contribution is -2.44. The van der Waals surface area contributed by atoms with Gasteiger partial charge in [-0.3, -0.25) is 4.79 Å². The van der Waals surface area contributed by atoms with E-state index < -0.39 is 6.10 Å². The smallest absolute Gasteiger partial charge is 0.255 e. The van der Waals surface area contributed by atoms with E-state index in [0.717, 1.165) is 9.99 Å². The van der Waals surface area contributed by atoms with Gasteiger partial charge >= 0.3 is 0 Å². The fourth-order valence-electron chi connectivity index (χ4n) is 2.34. The zero-order chi connectivity index (χ0) is 14.3. The van der Waals surface area contributed by atoms with Crippen molar-refractivity contribution < 1.29 is 14.6 Å². The Bertz CT molecular complexity index is 657. The van der Waals surface area contributed by atoms with Crippen molar-refractivity contribution in [1.82, 2.24) is 14.5 Å². The van der Waals surface area contributed by atoms with Gasteiger partial charge in [0.05, 0.1) is 47.1 Å². The van der Waals surface area contributed by atoms with Gasteiger partial charge in [0.1, 0.15) is 0 Å². The van der Waals surface area contributed by atoms with E-state index in [1.165, 1.54) is 4.90 Å². The van der Waals surface area contributed by atoms with E-state index in [9.17, 15) is 9.90 Å². The number of hydrogen-bond acceptors (Lipinski definition) is 4. The van der Waals surface area contributed by atoms with Gasteiger partial charge in [0, 0.05) is 13.2 Å². The van der Waals surface area contributed by atoms with Gasteiger partial charge in [-0.1, -0.05) is 0 Å². The summed E-state index contributed by atoms with van der Waals surface area (Å²) in [6.45, 7) is 0.631. The van der Waals surface area contributed by atoms with Crippen molar-refractivity contribution in [2.24, 2.45) is 0 Å². The summed E-state index contributed by atoms with van der Waals surface area (Å²) >= 11 is 3.39. The summed E-state index contributed by atoms with van der Waals surface area (Å²) in [4.78, 5) is 14.0. The van der Waals surface area contributed by atoms with Crippen LogP contribution in [0.1, 0.15) is 10.4 Å². The maximum Gasteiger partial charge on any atom is 0.255 e. The zero-order valence-corrected chi connectivity index (χ0v) is 12.4. The summed E-state index contributed by atoms with van der Waals surface area (Å²) in [5, 5.41) is 13.9. The number of amides is 1. The molecule has 0 unspecified atom stereocenters. The second-order valence-electron chi connectivity index (χ2n) is 4.83. The molecule has 7 heteroatoms. The second kappa shape index (κ2) is 5.16. The average Bonchev–Trinajstić information content (AvgIpc) is 3.03. The Balaban J connectivity index is 1.88. The molecule has 0 bridgehead atoms. The van der Waals surface area contributed by atoms with Crippen LogP contribution in [0.4, 0.5) is 0 Å². The topological polar surface area (TPSA) is 67.1 Å². The molecule has 20 heavy (non-hydrogen) atoms. The second-order valence-corrected chi connectivity index (χ2v) is 5.68. The Morgan fingerprint density at radius 3 is 3.05 bits per heavy atom. The summed E-state index contributed by atoms with van der Waals surface area (Å²) < 4.78 is 7.71. The van der Waals surface area contributed by atoms with Gasteiger partial charge in [0.15, 0.2) is 0 Å². The lowest BCUT2D eigenvalue weighted by Gasteiger charge is -2.25. The minimum absolute atomic E-state index is 0.159. The highest BCUT2D eigenvalue weighted by Crippen LogP contribution is 2.19. The third-order valence-electron chi connectivity index (χ3n) is 3.56. The molecular formula is C13H14BrN3O3. The van der Waals surface area contributed by atoms with Crippen LogP contribution in [0.3, 0.4) is 0 Å². The zero-order valence-electron chi connectivity index (χ0n) is 10.9. The van der Waals surface area contributed by atoms with Gasteiger partial charge in [0.25, 0.3) is 5.91 Å². The maximum atomic E-state index is 12.4. The quantitative estimate of drug-likeness (QED) is 0.883. The molecule has 1 fully saturated rings. The van der Waals surface area contributed by atoms with Crippen molar-refractivity contribution in [3.63, 3.8) is 0 Å². The highest BCUT2D eigenvalue weighted by molar-refractivity contribution is 9.10. The van der Waals surface area contributed by atoms with E-state index in [0.29, 0.717) is 12.2 Å². The molecule has 3 heterocycles. The van der Waals surface area contributed by atoms with E-state index in [4.69, 9.17) is 4.74 Å². The number of halogens is 1. The normalized spacial score (nSPS) is 22.4. The number of carbonyl (C=O) groups excluding carboxylic acids is 1. The average molecular weight is 340 g/mol. The van der Waals surface area contributed by atoms with Gasteiger partial charge in [0.2, 0.25) is 0 Å². The first-order valence-electron chi connectivity index (χ1n) is 6.24. The number of carbonyl (C=O) groups is 1. The maximum absolute atomic E-state index is 12.4. The Hall–Kier alpha value is -1.44. The van der Waals surface area contributed by atoms with Crippen LogP contribution in [0.15, 0.2) is 29.0 Å². The van der Waals surface area contributed by atoms with Crippen molar-refractivity contribution in [1.29, 1.82) is 0 Å². The van der Waals surface area contributed by atoms with Crippen molar-refractivity contribution in [2.75, 3.05) is 20.3 Å². The monoisotopic (exact) mass is 339 g/mol. The molecule has 6 nitrogen and oxygen atoms in total. The Morgan fingerprint density at radius 2 is 2.35 bits per heavy atom. The third-order valence-corrected chi connectivity index (χ3v) is 4.17. The predicted octanol–water partition coefficient (Wildman–Crippen LogP) is 0.928. The number of likely N-dealkylation sites (N-methyl/N-ethyl adjacent to an activating group) is 1. The predicted molar refractivity (Wildman–Crippen MR) is 75.6 cm³/mol. The number of nitrogens with zero attached hydrogens (tertiary/aromatic N) is 3. The molecule has 0 radical (unpaired) electrons. The number of ether oxygens (including phenoxy) is 1. The van der Waals surface area contributed by atoms with Crippen LogP contribution < -0.4 is 0 Å². The van der Waals surface area contributed by atoms with Crippen LogP contribution in [0.25, 0.3) is 5.52 Å². The molecule has 0 aliphatic carbocycles. The molecule has 2 atom stereocenters. The molecule has 1 aliphatic heterocycles. The first-order valence-corrected chi connectivity index (χ1v) is 7.03. The molecule has 3 rings (SSSR count). The number of aliphatic hydroxyl groups excluding tert-OH is 1. The van der Waals surface area contributed by atoms with E-state index in [2.05, 4.69) is 21.0 Å². The van der Waals surface area contributed by atoms with Gasteiger partial charge in [-0.2, -0.15) is 5.10 Å². The highest BCUT2D eigenvalue weighted by Gasteiger charge is 2.32. The minimum Gasteiger partial charge on any atom is -0.388 e. The number of aliphatic hydroxyl groups is 1. The number of hydrogen-bond donors (Lipinski definition) is 1. The third kappa shape index (κ3) is 2.21. The molecule has 0 spiro atoms. The van der Waals surface area contributed by atoms with Crippen LogP contribution in [0.5, 0.6) is 0 Å². The molecule has 1 saturated heterocycles. The molecule has 106 valence electrons. The summed E-state index contributed by atoms with van der Waals surface area (Å²) in [7, 11) is 1.67. The highest BCUT2D eigenvalue weighted by atomic mass is 79.9. The van der Waals surface area contributed by atoms with Crippen LogP contribution in [0.2, 0.25) is 0 Å². The Labute approximate surface area is 124 Å². The van der Waals surface area contributed by atoms with Gasteiger partial charge < -0.3 is 14.7 Å². The molecule has 1 aliphatic rings. The van der Waals surface area contributed by atoms with Crippen molar-refractivity contribution >= 4 is 27.4 Å². The molecule has 1 amide bonds. The summed E-state index contributed by atoms with van der Waals surface area (Å²) in [5.41, 5.74) is 1.42. The molecule has 0 saturated carbocycles. The molecular weight excluding hydrogens is 326 g/mol. The summed E-state index contributed by atoms with van der Waals surface area (Å²) in [6, 6.07) is 3.28. The van der Waals surface area contributed by atoms with E-state index in [1.54, 1.807) is 30.0 Å². The molecule has 1 N–H and O–H groups in total. The lowest BCUT2D eigenvalue weighted by atomic mass is 10.1. The van der Waals surface area contributed by atoms with Crippen molar-refractivity contribution in [3.8, 4) is 0 Å². The van der Waals surface area contributed by atoms with Gasteiger partial charge in [-0.25, -0.2) is 4.52 Å². The summed E-state index contributed by atoms with van der Waals surface area (Å²) in [6.07, 6.45) is 2.73. The SMILES string of the molecule is CN(C(=O)c1ccc2c(Br)cnn2c1)[C@@H]1COC[C@H]1O. The lowest BCUT2D eigenvalue weighted by molar-refractivity contribution is 0.0580. The van der Waals surface area contributed by atoms with Crippen LogP contribution in [0, 0.1) is 0 Å². The van der Waals surface area contributed by atoms with Crippen LogP contribution in [-0.4, -0.2) is 57.9 Å². The van der Waals surface area contributed by atoms with Crippen molar-refractivity contribution in [3.05, 3.63) is 34.6 Å². The van der Waals surface area contributed by atoms with Gasteiger partial charge in [-0.15, -0.1) is 0 Å².